The van der Waals surface area contributed by atoms with E-state index < -0.39 is 5.54 Å². The highest BCUT2D eigenvalue weighted by Crippen LogP contribution is 2.33. The van der Waals surface area contributed by atoms with Crippen molar-refractivity contribution in [3.05, 3.63) is 76.6 Å². The van der Waals surface area contributed by atoms with Crippen LogP contribution in [0.1, 0.15) is 32.8 Å². The fourth-order valence-corrected chi connectivity index (χ4v) is 3.72. The summed E-state index contributed by atoms with van der Waals surface area (Å²) in [4.78, 5) is 27.6. The van der Waals surface area contributed by atoms with Gasteiger partial charge in [-0.2, -0.15) is 5.10 Å². The van der Waals surface area contributed by atoms with Crippen LogP contribution in [-0.2, 0) is 17.9 Å². The molecule has 2 heterocycles. The zero-order valence-electron chi connectivity index (χ0n) is 19.3. The zero-order valence-corrected chi connectivity index (χ0v) is 19.3. The molecule has 7 nitrogen and oxygen atoms in total. The van der Waals surface area contributed by atoms with Gasteiger partial charge >= 0.3 is 0 Å². The van der Waals surface area contributed by atoms with Gasteiger partial charge in [-0.3, -0.25) is 9.59 Å². The Morgan fingerprint density at radius 2 is 1.73 bits per heavy atom. The number of carbonyl (C=O) groups excluding carboxylic acids is 1. The van der Waals surface area contributed by atoms with Gasteiger partial charge in [-0.1, -0.05) is 30.3 Å². The first-order chi connectivity index (χ1) is 15.8. The predicted molar refractivity (Wildman–Crippen MR) is 126 cm³/mol. The Bertz CT molecular complexity index is 1180. The van der Waals surface area contributed by atoms with Crippen molar-refractivity contribution in [2.24, 2.45) is 0 Å². The smallest absolute Gasteiger partial charge is 0.267 e. The Morgan fingerprint density at radius 1 is 1.00 bits per heavy atom. The number of rotatable bonds is 5. The predicted octanol–water partition coefficient (Wildman–Crippen LogP) is 3.90. The van der Waals surface area contributed by atoms with Crippen LogP contribution in [0.4, 0.5) is 0 Å². The molecule has 0 atom stereocenters. The topological polar surface area (TPSA) is 73.7 Å². The van der Waals surface area contributed by atoms with Crippen molar-refractivity contribution in [2.75, 3.05) is 13.2 Å². The molecule has 4 rings (SSSR count). The number of hydrogen-bond acceptors (Lipinski definition) is 5. The average Bonchev–Trinajstić information content (AvgIpc) is 3.03. The fourth-order valence-electron chi connectivity index (χ4n) is 3.72. The second kappa shape index (κ2) is 9.48. The number of hydrogen-bond donors (Lipinski definition) is 0. The normalized spacial score (nSPS) is 13.3. The number of carbonyl (C=O) groups is 1. The van der Waals surface area contributed by atoms with Gasteiger partial charge in [-0.05, 0) is 50.6 Å². The molecule has 2 aromatic carbocycles. The second-order valence-corrected chi connectivity index (χ2v) is 9.06. The van der Waals surface area contributed by atoms with Crippen LogP contribution in [0.3, 0.4) is 0 Å². The van der Waals surface area contributed by atoms with E-state index in [0.717, 1.165) is 17.5 Å². The number of aromatic nitrogens is 2. The molecule has 172 valence electrons. The highest BCUT2D eigenvalue weighted by atomic mass is 16.5. The monoisotopic (exact) mass is 447 g/mol. The van der Waals surface area contributed by atoms with E-state index in [1.54, 1.807) is 11.0 Å². The molecule has 0 spiro atoms. The molecule has 0 aliphatic carbocycles. The molecular formula is C26H29N3O4. The van der Waals surface area contributed by atoms with E-state index in [4.69, 9.17) is 9.47 Å². The summed E-state index contributed by atoms with van der Waals surface area (Å²) < 4.78 is 12.7. The minimum atomic E-state index is -0.414. The standard InChI is InChI=1S/C26H29N3O4/c1-26(2,3)28(17-19-8-5-4-6-9-19)25(31)18-29-24(30)13-11-21(27-29)20-10-12-22-23(16-20)33-15-7-14-32-22/h4-6,8-13,16H,7,14-15,17-18H2,1-3H3. The van der Waals surface area contributed by atoms with E-state index in [-0.39, 0.29) is 18.0 Å². The minimum Gasteiger partial charge on any atom is -0.490 e. The molecule has 0 fully saturated rings. The lowest BCUT2D eigenvalue weighted by molar-refractivity contribution is -0.137. The maximum absolute atomic E-state index is 13.3. The molecule has 0 saturated heterocycles. The summed E-state index contributed by atoms with van der Waals surface area (Å²) in [5.74, 6) is 1.18. The van der Waals surface area contributed by atoms with Crippen molar-refractivity contribution in [3.8, 4) is 22.8 Å². The molecule has 1 aliphatic heterocycles. The summed E-state index contributed by atoms with van der Waals surface area (Å²) in [6.07, 6.45) is 0.822. The van der Waals surface area contributed by atoms with Crippen molar-refractivity contribution in [1.29, 1.82) is 0 Å². The molecule has 1 aromatic heterocycles. The molecule has 0 radical (unpaired) electrons. The van der Waals surface area contributed by atoms with Crippen LogP contribution >= 0.6 is 0 Å². The van der Waals surface area contributed by atoms with Gasteiger partial charge < -0.3 is 14.4 Å². The molecule has 0 unspecified atom stereocenters. The highest BCUT2D eigenvalue weighted by Gasteiger charge is 2.27. The molecule has 0 saturated carbocycles. The summed E-state index contributed by atoms with van der Waals surface area (Å²) in [5.41, 5.74) is 1.67. The van der Waals surface area contributed by atoms with Gasteiger partial charge in [-0.15, -0.1) is 0 Å². The van der Waals surface area contributed by atoms with Gasteiger partial charge in [-0.25, -0.2) is 4.68 Å². The van der Waals surface area contributed by atoms with Gasteiger partial charge in [0.25, 0.3) is 5.56 Å². The summed E-state index contributed by atoms with van der Waals surface area (Å²) in [7, 11) is 0. The third-order valence-electron chi connectivity index (χ3n) is 5.49. The SMILES string of the molecule is CC(C)(C)N(Cc1ccccc1)C(=O)Cn1nc(-c2ccc3c(c2)OCCCO3)ccc1=O. The zero-order chi connectivity index (χ0) is 23.4. The van der Waals surface area contributed by atoms with Crippen LogP contribution in [0.5, 0.6) is 11.5 Å². The van der Waals surface area contributed by atoms with Crippen LogP contribution in [0.25, 0.3) is 11.3 Å². The summed E-state index contributed by atoms with van der Waals surface area (Å²) in [6.45, 7) is 7.47. The maximum atomic E-state index is 13.3. The van der Waals surface area contributed by atoms with Crippen LogP contribution in [0.2, 0.25) is 0 Å². The molecule has 33 heavy (non-hydrogen) atoms. The Morgan fingerprint density at radius 3 is 2.45 bits per heavy atom. The van der Waals surface area contributed by atoms with Gasteiger partial charge in [0, 0.05) is 30.1 Å². The molecule has 0 bridgehead atoms. The third kappa shape index (κ3) is 5.42. The summed E-state index contributed by atoms with van der Waals surface area (Å²) in [6, 6.07) is 18.5. The number of nitrogens with zero attached hydrogens (tertiary/aromatic N) is 3. The Kier molecular flexibility index (Phi) is 6.49. The van der Waals surface area contributed by atoms with E-state index >= 15 is 0 Å². The number of amides is 1. The van der Waals surface area contributed by atoms with E-state index in [9.17, 15) is 9.59 Å². The maximum Gasteiger partial charge on any atom is 0.267 e. The minimum absolute atomic E-state index is 0.138. The number of ether oxygens (including phenoxy) is 2. The fraction of sp³-hybridized carbons (Fsp3) is 0.346. The van der Waals surface area contributed by atoms with E-state index in [2.05, 4.69) is 5.10 Å². The van der Waals surface area contributed by atoms with Gasteiger partial charge in [0.2, 0.25) is 5.91 Å². The van der Waals surface area contributed by atoms with E-state index in [1.807, 2.05) is 69.3 Å². The van der Waals surface area contributed by atoms with Crippen molar-refractivity contribution < 1.29 is 14.3 Å². The lowest BCUT2D eigenvalue weighted by atomic mass is 10.0. The van der Waals surface area contributed by atoms with Crippen LogP contribution in [-0.4, -0.2) is 39.3 Å². The first-order valence-electron chi connectivity index (χ1n) is 11.1. The molecule has 0 N–H and O–H groups in total. The molecule has 7 heteroatoms. The average molecular weight is 448 g/mol. The Labute approximate surface area is 193 Å². The van der Waals surface area contributed by atoms with Gasteiger partial charge in [0.15, 0.2) is 11.5 Å². The van der Waals surface area contributed by atoms with Crippen molar-refractivity contribution in [1.82, 2.24) is 14.7 Å². The van der Waals surface area contributed by atoms with Crippen molar-refractivity contribution in [2.45, 2.75) is 45.8 Å². The van der Waals surface area contributed by atoms with Crippen LogP contribution in [0.15, 0.2) is 65.5 Å². The highest BCUT2D eigenvalue weighted by molar-refractivity contribution is 5.76. The number of fused-ring (bicyclic) bond motifs is 1. The first-order valence-corrected chi connectivity index (χ1v) is 11.1. The molecular weight excluding hydrogens is 418 g/mol. The molecule has 1 amide bonds. The van der Waals surface area contributed by atoms with Gasteiger partial charge in [0.05, 0.1) is 18.9 Å². The van der Waals surface area contributed by atoms with Crippen molar-refractivity contribution in [3.63, 3.8) is 0 Å². The van der Waals surface area contributed by atoms with Crippen LogP contribution < -0.4 is 15.0 Å². The van der Waals surface area contributed by atoms with Crippen molar-refractivity contribution >= 4 is 5.91 Å². The lowest BCUT2D eigenvalue weighted by Gasteiger charge is -2.36. The summed E-state index contributed by atoms with van der Waals surface area (Å²) in [5, 5.41) is 4.49. The largest absolute Gasteiger partial charge is 0.490 e. The second-order valence-electron chi connectivity index (χ2n) is 9.06. The quantitative estimate of drug-likeness (QED) is 0.593. The first kappa shape index (κ1) is 22.6. The third-order valence-corrected chi connectivity index (χ3v) is 5.49. The molecule has 3 aromatic rings. The summed E-state index contributed by atoms with van der Waals surface area (Å²) >= 11 is 0. The van der Waals surface area contributed by atoms with E-state index in [0.29, 0.717) is 37.0 Å². The van der Waals surface area contributed by atoms with Crippen LogP contribution in [0, 0.1) is 0 Å². The van der Waals surface area contributed by atoms with E-state index in [1.165, 1.54) is 10.7 Å². The lowest BCUT2D eigenvalue weighted by Crippen LogP contribution is -2.47. The molecule has 1 aliphatic rings. The number of benzene rings is 2. The Hall–Kier alpha value is -3.61. The Balaban J connectivity index is 1.59. The van der Waals surface area contributed by atoms with Gasteiger partial charge in [0.1, 0.15) is 6.54 Å².